The Morgan fingerprint density at radius 2 is 1.08 bits per heavy atom. The van der Waals surface area contributed by atoms with Gasteiger partial charge in [0, 0.05) is 0 Å². The Hall–Kier alpha value is -3.06. The number of ether oxygens (including phenoxy) is 5. The molecule has 1 fully saturated rings. The molecule has 38 heavy (non-hydrogen) atoms. The van der Waals surface area contributed by atoms with E-state index in [9.17, 15) is 0 Å². The highest BCUT2D eigenvalue weighted by Gasteiger charge is 2.47. The summed E-state index contributed by atoms with van der Waals surface area (Å²) in [6.07, 6.45) is 2.46. The van der Waals surface area contributed by atoms with Crippen molar-refractivity contribution in [1.82, 2.24) is 0 Å². The predicted molar refractivity (Wildman–Crippen MR) is 150 cm³/mol. The van der Waals surface area contributed by atoms with E-state index < -0.39 is 6.10 Å². The smallest absolute Gasteiger partial charge is 0.115 e. The quantitative estimate of drug-likeness (QED) is 0.223. The van der Waals surface area contributed by atoms with Gasteiger partial charge in [-0.1, -0.05) is 103 Å². The monoisotopic (exact) mass is 514 g/mol. The van der Waals surface area contributed by atoms with Gasteiger partial charge in [0.1, 0.15) is 24.4 Å². The molecule has 0 bridgehead atoms. The second kappa shape index (κ2) is 15.4. The van der Waals surface area contributed by atoms with E-state index >= 15 is 0 Å². The zero-order valence-electron chi connectivity index (χ0n) is 21.9. The van der Waals surface area contributed by atoms with E-state index in [4.69, 9.17) is 23.7 Å². The first-order valence-electron chi connectivity index (χ1n) is 13.2. The molecule has 0 aliphatic carbocycles. The summed E-state index contributed by atoms with van der Waals surface area (Å²) in [7, 11) is 0. The summed E-state index contributed by atoms with van der Waals surface area (Å²) in [4.78, 5) is 0. The Balaban J connectivity index is 1.57. The fourth-order valence-electron chi connectivity index (χ4n) is 4.65. The maximum atomic E-state index is 6.60. The van der Waals surface area contributed by atoms with Crippen LogP contribution in [0.4, 0.5) is 0 Å². The molecule has 0 spiro atoms. The summed E-state index contributed by atoms with van der Waals surface area (Å²) in [6, 6.07) is 30.4. The molecule has 3 aromatic carbocycles. The Morgan fingerprint density at radius 3 is 1.61 bits per heavy atom. The van der Waals surface area contributed by atoms with Gasteiger partial charge in [-0.25, -0.2) is 0 Å². The second-order valence-corrected chi connectivity index (χ2v) is 9.35. The van der Waals surface area contributed by atoms with Crippen molar-refractivity contribution in [1.29, 1.82) is 0 Å². The summed E-state index contributed by atoms with van der Waals surface area (Å²) in [5.41, 5.74) is 3.27. The Kier molecular flexibility index (Phi) is 11.3. The van der Waals surface area contributed by atoms with Crippen LogP contribution in [-0.2, 0) is 43.5 Å². The lowest BCUT2D eigenvalue weighted by atomic mass is 9.92. The van der Waals surface area contributed by atoms with Crippen LogP contribution in [0.15, 0.2) is 116 Å². The van der Waals surface area contributed by atoms with Crippen LogP contribution in [0.1, 0.15) is 23.1 Å². The van der Waals surface area contributed by atoms with Crippen molar-refractivity contribution in [2.24, 2.45) is 0 Å². The molecular formula is C33H38O5. The van der Waals surface area contributed by atoms with Crippen LogP contribution in [0, 0.1) is 0 Å². The molecule has 4 rings (SSSR count). The molecule has 1 heterocycles. The van der Waals surface area contributed by atoms with Crippen molar-refractivity contribution in [3.05, 3.63) is 133 Å². The Labute approximate surface area is 226 Å². The fraction of sp³-hybridized carbons (Fsp3) is 0.333. The molecule has 5 heteroatoms. The molecule has 1 aliphatic heterocycles. The lowest BCUT2D eigenvalue weighted by molar-refractivity contribution is -0.268. The molecular weight excluding hydrogens is 476 g/mol. The van der Waals surface area contributed by atoms with Crippen LogP contribution in [-0.4, -0.2) is 43.7 Å². The number of rotatable bonds is 15. The van der Waals surface area contributed by atoms with Gasteiger partial charge < -0.3 is 23.7 Å². The maximum absolute atomic E-state index is 6.60. The average Bonchev–Trinajstić information content (AvgIpc) is 2.96. The largest absolute Gasteiger partial charge is 0.374 e. The predicted octanol–water partition coefficient (Wildman–Crippen LogP) is 6.29. The molecule has 0 saturated carbocycles. The van der Waals surface area contributed by atoms with E-state index in [1.54, 1.807) is 6.08 Å². The lowest BCUT2D eigenvalue weighted by Gasteiger charge is -2.46. The minimum absolute atomic E-state index is 0.255. The van der Waals surface area contributed by atoms with Gasteiger partial charge in [0.2, 0.25) is 0 Å². The maximum Gasteiger partial charge on any atom is 0.115 e. The zero-order chi connectivity index (χ0) is 26.4. The third-order valence-electron chi connectivity index (χ3n) is 6.50. The average molecular weight is 515 g/mol. The van der Waals surface area contributed by atoms with Crippen molar-refractivity contribution in [2.45, 2.75) is 56.8 Å². The summed E-state index contributed by atoms with van der Waals surface area (Å²) in [5, 5.41) is 0. The van der Waals surface area contributed by atoms with Crippen molar-refractivity contribution in [3.8, 4) is 0 Å². The zero-order valence-corrected chi connectivity index (χ0v) is 21.9. The van der Waals surface area contributed by atoms with Crippen LogP contribution in [0.25, 0.3) is 0 Å². The van der Waals surface area contributed by atoms with Crippen LogP contribution >= 0.6 is 0 Å². The van der Waals surface area contributed by atoms with Crippen molar-refractivity contribution in [3.63, 3.8) is 0 Å². The van der Waals surface area contributed by atoms with E-state index in [0.717, 1.165) is 16.7 Å². The van der Waals surface area contributed by atoms with Crippen LogP contribution in [0.5, 0.6) is 0 Å². The Bertz CT molecular complexity index is 1070. The highest BCUT2D eigenvalue weighted by molar-refractivity contribution is 5.15. The normalized spacial score (nSPS) is 23.1. The molecule has 5 atom stereocenters. The van der Waals surface area contributed by atoms with E-state index in [1.807, 2.05) is 60.7 Å². The molecule has 0 aromatic heterocycles. The van der Waals surface area contributed by atoms with Crippen molar-refractivity contribution >= 4 is 0 Å². The van der Waals surface area contributed by atoms with E-state index in [1.165, 1.54) is 0 Å². The van der Waals surface area contributed by atoms with Gasteiger partial charge in [0.05, 0.1) is 39.1 Å². The fourth-order valence-corrected chi connectivity index (χ4v) is 4.65. The topological polar surface area (TPSA) is 46.2 Å². The minimum Gasteiger partial charge on any atom is -0.374 e. The lowest BCUT2D eigenvalue weighted by Crippen LogP contribution is -2.61. The van der Waals surface area contributed by atoms with E-state index in [-0.39, 0.29) is 24.4 Å². The molecule has 3 aromatic rings. The summed E-state index contributed by atoms with van der Waals surface area (Å²) in [5.74, 6) is 0. The molecule has 200 valence electrons. The number of hydrogen-bond acceptors (Lipinski definition) is 5. The van der Waals surface area contributed by atoms with Gasteiger partial charge >= 0.3 is 0 Å². The highest BCUT2D eigenvalue weighted by atomic mass is 16.6. The molecule has 1 aliphatic rings. The van der Waals surface area contributed by atoms with E-state index in [2.05, 4.69) is 49.6 Å². The van der Waals surface area contributed by atoms with Crippen molar-refractivity contribution in [2.75, 3.05) is 13.2 Å². The number of hydrogen-bond donors (Lipinski definition) is 0. The SMILES string of the molecule is C=CCO[C@@H]1[C@@H](OCc2ccccc2)[C@H](OCc2ccccc2)[C@@H](COCc2ccccc2)O[C@@H]1CC=C. The third kappa shape index (κ3) is 8.22. The van der Waals surface area contributed by atoms with Gasteiger partial charge in [-0.3, -0.25) is 0 Å². The molecule has 0 unspecified atom stereocenters. The van der Waals surface area contributed by atoms with Crippen molar-refractivity contribution < 1.29 is 23.7 Å². The standard InChI is InChI=1S/C33H38O5/c1-3-14-29-31(35-21-4-2)33(37-24-28-19-12-7-13-20-28)32(36-23-27-17-10-6-11-18-27)30(38-29)25-34-22-26-15-8-5-9-16-26/h3-13,15-20,29-33H,1-2,14,21-25H2/t29-,30-,31+,32-,33-/m1/s1. The molecule has 5 nitrogen and oxygen atoms in total. The molecule has 0 N–H and O–H groups in total. The molecule has 0 radical (unpaired) electrons. The molecule has 1 saturated heterocycles. The second-order valence-electron chi connectivity index (χ2n) is 9.35. The first-order chi connectivity index (χ1) is 18.8. The van der Waals surface area contributed by atoms with Gasteiger partial charge in [0.25, 0.3) is 0 Å². The third-order valence-corrected chi connectivity index (χ3v) is 6.50. The first kappa shape index (κ1) is 28.0. The van der Waals surface area contributed by atoms with Crippen LogP contribution in [0.3, 0.4) is 0 Å². The van der Waals surface area contributed by atoms with Crippen LogP contribution < -0.4 is 0 Å². The Morgan fingerprint density at radius 1 is 0.579 bits per heavy atom. The first-order valence-corrected chi connectivity index (χ1v) is 13.2. The van der Waals surface area contributed by atoms with Gasteiger partial charge in [-0.15, -0.1) is 13.2 Å². The summed E-state index contributed by atoms with van der Waals surface area (Å²) >= 11 is 0. The van der Waals surface area contributed by atoms with Gasteiger partial charge in [-0.05, 0) is 23.1 Å². The highest BCUT2D eigenvalue weighted by Crippen LogP contribution is 2.32. The van der Waals surface area contributed by atoms with E-state index in [0.29, 0.717) is 39.5 Å². The molecule has 0 amide bonds. The summed E-state index contributed by atoms with van der Waals surface area (Å²) in [6.45, 7) is 9.88. The van der Waals surface area contributed by atoms with Crippen LogP contribution in [0.2, 0.25) is 0 Å². The number of benzene rings is 3. The van der Waals surface area contributed by atoms with Gasteiger partial charge in [0.15, 0.2) is 0 Å². The summed E-state index contributed by atoms with van der Waals surface area (Å²) < 4.78 is 32.2. The van der Waals surface area contributed by atoms with Gasteiger partial charge in [-0.2, -0.15) is 0 Å². The minimum atomic E-state index is -0.412.